The first-order valence-electron chi connectivity index (χ1n) is 6.55. The van der Waals surface area contributed by atoms with Crippen molar-refractivity contribution < 1.29 is 0 Å². The lowest BCUT2D eigenvalue weighted by Gasteiger charge is -2.18. The molecule has 0 fully saturated rings. The Hall–Kier alpha value is -1.09. The Morgan fingerprint density at radius 3 is 2.65 bits per heavy atom. The number of hydrogen-bond donors (Lipinski definition) is 1. The van der Waals surface area contributed by atoms with E-state index in [0.29, 0.717) is 6.04 Å². The van der Waals surface area contributed by atoms with E-state index in [2.05, 4.69) is 43.8 Å². The number of nitrogens with one attached hydrogen (secondary N) is 1. The topological polar surface area (TPSA) is 29.9 Å². The Labute approximate surface area is 105 Å². The highest BCUT2D eigenvalue weighted by Gasteiger charge is 2.16. The van der Waals surface area contributed by atoms with Gasteiger partial charge < -0.3 is 5.32 Å². The first kappa shape index (κ1) is 14.0. The molecule has 1 aromatic heterocycles. The molecule has 0 aliphatic rings. The van der Waals surface area contributed by atoms with Gasteiger partial charge in [-0.15, -0.1) is 0 Å². The van der Waals surface area contributed by atoms with Crippen molar-refractivity contribution in [3.63, 3.8) is 0 Å². The third-order valence-electron chi connectivity index (χ3n) is 3.13. The van der Waals surface area contributed by atoms with Gasteiger partial charge in [0.2, 0.25) is 0 Å². The maximum absolute atomic E-state index is 4.51. The number of aryl methyl sites for hydroxylation is 2. The minimum absolute atomic E-state index is 0.338. The van der Waals surface area contributed by atoms with Crippen molar-refractivity contribution >= 4 is 0 Å². The highest BCUT2D eigenvalue weighted by atomic mass is 15.3. The summed E-state index contributed by atoms with van der Waals surface area (Å²) < 4.78 is 2.00. The van der Waals surface area contributed by atoms with Crippen LogP contribution in [0.2, 0.25) is 0 Å². The summed E-state index contributed by atoms with van der Waals surface area (Å²) in [5, 5.41) is 8.03. The summed E-state index contributed by atoms with van der Waals surface area (Å²) in [4.78, 5) is 0. The molecular formula is C14H25N3. The van der Waals surface area contributed by atoms with Crippen molar-refractivity contribution in [2.24, 2.45) is 7.05 Å². The van der Waals surface area contributed by atoms with Crippen LogP contribution >= 0.6 is 0 Å². The molecule has 1 unspecified atom stereocenters. The number of aromatic nitrogens is 2. The zero-order valence-corrected chi connectivity index (χ0v) is 11.6. The van der Waals surface area contributed by atoms with E-state index in [1.807, 2.05) is 11.7 Å². The van der Waals surface area contributed by atoms with Crippen LogP contribution in [0.4, 0.5) is 0 Å². The molecule has 0 bridgehead atoms. The molecule has 0 saturated carbocycles. The molecule has 0 amide bonds. The van der Waals surface area contributed by atoms with Crippen molar-refractivity contribution in [1.29, 1.82) is 0 Å². The molecule has 17 heavy (non-hydrogen) atoms. The maximum Gasteiger partial charge on any atom is 0.0625 e. The lowest BCUT2D eigenvalue weighted by atomic mass is 10.0. The van der Waals surface area contributed by atoms with E-state index in [-0.39, 0.29) is 0 Å². The van der Waals surface area contributed by atoms with Crippen LogP contribution in [0.25, 0.3) is 0 Å². The van der Waals surface area contributed by atoms with Gasteiger partial charge >= 0.3 is 0 Å². The van der Waals surface area contributed by atoms with E-state index in [1.54, 1.807) is 0 Å². The van der Waals surface area contributed by atoms with Crippen molar-refractivity contribution in [2.75, 3.05) is 6.54 Å². The molecule has 0 aliphatic heterocycles. The molecule has 0 saturated heterocycles. The molecule has 96 valence electrons. The Kier molecular flexibility index (Phi) is 5.42. The fourth-order valence-electron chi connectivity index (χ4n) is 2.00. The van der Waals surface area contributed by atoms with Crippen LogP contribution in [0.1, 0.15) is 51.0 Å². The van der Waals surface area contributed by atoms with E-state index in [1.165, 1.54) is 11.3 Å². The maximum atomic E-state index is 4.51. The van der Waals surface area contributed by atoms with E-state index in [9.17, 15) is 0 Å². The zero-order valence-electron chi connectivity index (χ0n) is 11.6. The smallest absolute Gasteiger partial charge is 0.0625 e. The largest absolute Gasteiger partial charge is 0.309 e. The van der Waals surface area contributed by atoms with Crippen LogP contribution in [0.15, 0.2) is 18.2 Å². The van der Waals surface area contributed by atoms with Crippen molar-refractivity contribution in [3.8, 4) is 0 Å². The SMILES string of the molecule is C=C(CC)CC(NCC)c1cc(CC)nn1C. The van der Waals surface area contributed by atoms with Crippen molar-refractivity contribution in [2.45, 2.75) is 46.1 Å². The molecule has 1 N–H and O–H groups in total. The van der Waals surface area contributed by atoms with Gasteiger partial charge in [0, 0.05) is 7.05 Å². The van der Waals surface area contributed by atoms with Crippen LogP contribution in [0, 0.1) is 0 Å². The Morgan fingerprint density at radius 2 is 2.18 bits per heavy atom. The predicted molar refractivity (Wildman–Crippen MR) is 73.1 cm³/mol. The van der Waals surface area contributed by atoms with Gasteiger partial charge in [-0.05, 0) is 31.9 Å². The highest BCUT2D eigenvalue weighted by molar-refractivity contribution is 5.16. The normalized spacial score (nSPS) is 12.7. The summed E-state index contributed by atoms with van der Waals surface area (Å²) in [6, 6.07) is 2.54. The van der Waals surface area contributed by atoms with Crippen LogP contribution in [-0.4, -0.2) is 16.3 Å². The van der Waals surface area contributed by atoms with Crippen LogP contribution in [0.5, 0.6) is 0 Å². The average molecular weight is 235 g/mol. The van der Waals surface area contributed by atoms with Gasteiger partial charge in [-0.3, -0.25) is 4.68 Å². The number of hydrogen-bond acceptors (Lipinski definition) is 2. The van der Waals surface area contributed by atoms with Gasteiger partial charge in [-0.25, -0.2) is 0 Å². The molecule has 1 rings (SSSR count). The molecule has 3 heteroatoms. The average Bonchev–Trinajstić information content (AvgIpc) is 2.69. The standard InChI is InChI=1S/C14H25N3/c1-6-11(4)9-13(15-8-3)14-10-12(7-2)16-17(14)5/h10,13,15H,4,6-9H2,1-3,5H3. The Balaban J connectivity index is 2.87. The van der Waals surface area contributed by atoms with Gasteiger partial charge in [0.1, 0.15) is 0 Å². The molecule has 1 aromatic rings. The fraction of sp³-hybridized carbons (Fsp3) is 0.643. The summed E-state index contributed by atoms with van der Waals surface area (Å²) >= 11 is 0. The van der Waals surface area contributed by atoms with Crippen LogP contribution < -0.4 is 5.32 Å². The third kappa shape index (κ3) is 3.70. The molecule has 1 heterocycles. The lowest BCUT2D eigenvalue weighted by Crippen LogP contribution is -2.23. The van der Waals surface area contributed by atoms with Crippen LogP contribution in [0.3, 0.4) is 0 Å². The summed E-state index contributed by atoms with van der Waals surface area (Å²) in [6.45, 7) is 11.5. The zero-order chi connectivity index (χ0) is 12.8. The van der Waals surface area contributed by atoms with E-state index in [0.717, 1.165) is 31.5 Å². The van der Waals surface area contributed by atoms with E-state index < -0.39 is 0 Å². The second-order valence-electron chi connectivity index (χ2n) is 4.46. The summed E-state index contributed by atoms with van der Waals surface area (Å²) in [7, 11) is 2.02. The summed E-state index contributed by atoms with van der Waals surface area (Å²) in [6.07, 6.45) is 3.02. The van der Waals surface area contributed by atoms with Crippen molar-refractivity contribution in [3.05, 3.63) is 29.6 Å². The number of nitrogens with zero attached hydrogens (tertiary/aromatic N) is 2. The Bertz CT molecular complexity index is 366. The van der Waals surface area contributed by atoms with Gasteiger partial charge in [-0.2, -0.15) is 5.10 Å². The van der Waals surface area contributed by atoms with Gasteiger partial charge in [0.25, 0.3) is 0 Å². The minimum Gasteiger partial charge on any atom is -0.309 e. The Morgan fingerprint density at radius 1 is 1.47 bits per heavy atom. The third-order valence-corrected chi connectivity index (χ3v) is 3.13. The number of rotatable bonds is 7. The summed E-state index contributed by atoms with van der Waals surface area (Å²) in [5.41, 5.74) is 3.71. The van der Waals surface area contributed by atoms with Gasteiger partial charge in [0.15, 0.2) is 0 Å². The second kappa shape index (κ2) is 6.60. The first-order chi connectivity index (χ1) is 8.12. The van der Waals surface area contributed by atoms with Gasteiger partial charge in [0.05, 0.1) is 17.4 Å². The minimum atomic E-state index is 0.338. The molecule has 0 aliphatic carbocycles. The van der Waals surface area contributed by atoms with Crippen LogP contribution in [-0.2, 0) is 13.5 Å². The lowest BCUT2D eigenvalue weighted by molar-refractivity contribution is 0.502. The van der Waals surface area contributed by atoms with E-state index >= 15 is 0 Å². The van der Waals surface area contributed by atoms with Crippen molar-refractivity contribution in [1.82, 2.24) is 15.1 Å². The first-order valence-corrected chi connectivity index (χ1v) is 6.55. The molecule has 0 radical (unpaired) electrons. The predicted octanol–water partition coefficient (Wildman–Crippen LogP) is 2.99. The second-order valence-corrected chi connectivity index (χ2v) is 4.46. The summed E-state index contributed by atoms with van der Waals surface area (Å²) in [5.74, 6) is 0. The van der Waals surface area contributed by atoms with E-state index in [4.69, 9.17) is 0 Å². The molecular weight excluding hydrogens is 210 g/mol. The fourth-order valence-corrected chi connectivity index (χ4v) is 2.00. The molecule has 3 nitrogen and oxygen atoms in total. The molecule has 1 atom stereocenters. The quantitative estimate of drug-likeness (QED) is 0.736. The van der Waals surface area contributed by atoms with Gasteiger partial charge in [-0.1, -0.05) is 32.9 Å². The highest BCUT2D eigenvalue weighted by Crippen LogP contribution is 2.22. The molecule has 0 spiro atoms. The monoisotopic (exact) mass is 235 g/mol. The molecule has 0 aromatic carbocycles.